The molecule has 0 saturated carbocycles. The van der Waals surface area contributed by atoms with Crippen molar-refractivity contribution in [1.82, 2.24) is 5.06 Å². The summed E-state index contributed by atoms with van der Waals surface area (Å²) in [6, 6.07) is 0. The molecule has 0 N–H and O–H groups in total. The number of rotatable bonds is 1. The van der Waals surface area contributed by atoms with E-state index < -0.39 is 0 Å². The van der Waals surface area contributed by atoms with Crippen molar-refractivity contribution in [2.75, 3.05) is 13.7 Å². The molecule has 1 rings (SSSR count). The summed E-state index contributed by atoms with van der Waals surface area (Å²) in [5, 5.41) is 2.08. The maximum absolute atomic E-state index is 5.24. The summed E-state index contributed by atoms with van der Waals surface area (Å²) in [5.74, 6) is 0. The summed E-state index contributed by atoms with van der Waals surface area (Å²) < 4.78 is 0. The lowest BCUT2D eigenvalue weighted by atomic mass is 9.93. The Balaban J connectivity index is 2.51. The Bertz CT molecular complexity index is 112. The third-order valence-corrected chi connectivity index (χ3v) is 2.30. The van der Waals surface area contributed by atoms with E-state index in [1.807, 2.05) is 0 Å². The molecular formula is C8H17NO. The van der Waals surface area contributed by atoms with Gasteiger partial charge in [0.2, 0.25) is 0 Å². The SMILES string of the molecule is CON1CCCCC1(C)C. The van der Waals surface area contributed by atoms with Gasteiger partial charge in [0, 0.05) is 12.1 Å². The molecule has 0 amide bonds. The van der Waals surface area contributed by atoms with Crippen LogP contribution in [0.15, 0.2) is 0 Å². The summed E-state index contributed by atoms with van der Waals surface area (Å²) >= 11 is 0. The molecule has 1 fully saturated rings. The zero-order valence-corrected chi connectivity index (χ0v) is 7.18. The molecule has 0 spiro atoms. The Hall–Kier alpha value is -0.0800. The molecule has 10 heavy (non-hydrogen) atoms. The second-order valence-electron chi connectivity index (χ2n) is 3.55. The van der Waals surface area contributed by atoms with Gasteiger partial charge in [-0.15, -0.1) is 0 Å². The van der Waals surface area contributed by atoms with E-state index in [1.54, 1.807) is 7.11 Å². The van der Waals surface area contributed by atoms with Crippen molar-refractivity contribution >= 4 is 0 Å². The first-order valence-corrected chi connectivity index (χ1v) is 3.98. The van der Waals surface area contributed by atoms with Gasteiger partial charge in [-0.1, -0.05) is 6.42 Å². The van der Waals surface area contributed by atoms with Gasteiger partial charge in [-0.2, -0.15) is 5.06 Å². The first-order valence-electron chi connectivity index (χ1n) is 3.98. The molecule has 0 aromatic carbocycles. The first-order chi connectivity index (χ1) is 4.67. The van der Waals surface area contributed by atoms with Gasteiger partial charge in [-0.3, -0.25) is 0 Å². The van der Waals surface area contributed by atoms with Crippen LogP contribution in [-0.4, -0.2) is 24.3 Å². The van der Waals surface area contributed by atoms with Crippen LogP contribution in [0.5, 0.6) is 0 Å². The van der Waals surface area contributed by atoms with Crippen molar-refractivity contribution in [2.24, 2.45) is 0 Å². The van der Waals surface area contributed by atoms with E-state index in [-0.39, 0.29) is 5.54 Å². The molecule has 2 nitrogen and oxygen atoms in total. The van der Waals surface area contributed by atoms with Crippen LogP contribution in [0.25, 0.3) is 0 Å². The third-order valence-electron chi connectivity index (χ3n) is 2.30. The molecular weight excluding hydrogens is 126 g/mol. The zero-order valence-electron chi connectivity index (χ0n) is 7.18. The molecule has 0 unspecified atom stereocenters. The number of hydroxylamine groups is 2. The van der Waals surface area contributed by atoms with Crippen LogP contribution in [0.1, 0.15) is 33.1 Å². The average Bonchev–Trinajstić information content (AvgIpc) is 1.87. The molecule has 0 aromatic heterocycles. The minimum atomic E-state index is 0.257. The molecule has 60 valence electrons. The fourth-order valence-electron chi connectivity index (χ4n) is 1.58. The quantitative estimate of drug-likeness (QED) is 0.555. The Morgan fingerprint density at radius 2 is 2.00 bits per heavy atom. The van der Waals surface area contributed by atoms with E-state index >= 15 is 0 Å². The molecule has 0 aromatic rings. The molecule has 0 aliphatic carbocycles. The summed E-state index contributed by atoms with van der Waals surface area (Å²) in [7, 11) is 1.76. The number of hydrogen-bond donors (Lipinski definition) is 0. The molecule has 1 saturated heterocycles. The highest BCUT2D eigenvalue weighted by Crippen LogP contribution is 2.26. The lowest BCUT2D eigenvalue weighted by Crippen LogP contribution is -2.46. The Morgan fingerprint density at radius 3 is 2.40 bits per heavy atom. The van der Waals surface area contributed by atoms with Crippen molar-refractivity contribution in [2.45, 2.75) is 38.6 Å². The van der Waals surface area contributed by atoms with Crippen molar-refractivity contribution < 1.29 is 4.84 Å². The third kappa shape index (κ3) is 1.50. The molecule has 1 aliphatic heterocycles. The molecule has 0 bridgehead atoms. The lowest BCUT2D eigenvalue weighted by Gasteiger charge is -2.40. The largest absolute Gasteiger partial charge is 0.302 e. The fraction of sp³-hybridized carbons (Fsp3) is 1.00. The van der Waals surface area contributed by atoms with Crippen molar-refractivity contribution in [3.05, 3.63) is 0 Å². The Kier molecular flexibility index (Phi) is 2.32. The van der Waals surface area contributed by atoms with Crippen LogP contribution >= 0.6 is 0 Å². The summed E-state index contributed by atoms with van der Waals surface area (Å²) in [6.07, 6.45) is 3.87. The molecule has 1 heterocycles. The highest BCUT2D eigenvalue weighted by Gasteiger charge is 2.29. The zero-order chi connectivity index (χ0) is 7.61. The van der Waals surface area contributed by atoms with E-state index in [1.165, 1.54) is 19.3 Å². The highest BCUT2D eigenvalue weighted by atomic mass is 16.7. The monoisotopic (exact) mass is 143 g/mol. The highest BCUT2D eigenvalue weighted by molar-refractivity contribution is 4.80. The number of hydrogen-bond acceptors (Lipinski definition) is 2. The van der Waals surface area contributed by atoms with Crippen molar-refractivity contribution in [1.29, 1.82) is 0 Å². The van der Waals surface area contributed by atoms with Crippen molar-refractivity contribution in [3.63, 3.8) is 0 Å². The molecule has 0 atom stereocenters. The average molecular weight is 143 g/mol. The van der Waals surface area contributed by atoms with Crippen LogP contribution in [-0.2, 0) is 4.84 Å². The second-order valence-corrected chi connectivity index (χ2v) is 3.55. The smallest absolute Gasteiger partial charge is 0.0575 e. The van der Waals surface area contributed by atoms with Crippen molar-refractivity contribution in [3.8, 4) is 0 Å². The van der Waals surface area contributed by atoms with Crippen LogP contribution < -0.4 is 0 Å². The van der Waals surface area contributed by atoms with E-state index in [9.17, 15) is 0 Å². The number of piperidine rings is 1. The molecule has 1 aliphatic rings. The summed E-state index contributed by atoms with van der Waals surface area (Å²) in [6.45, 7) is 5.55. The fourth-order valence-corrected chi connectivity index (χ4v) is 1.58. The maximum atomic E-state index is 5.24. The van der Waals surface area contributed by atoms with E-state index in [2.05, 4.69) is 18.9 Å². The Labute approximate surface area is 63.1 Å². The minimum Gasteiger partial charge on any atom is -0.302 e. The minimum absolute atomic E-state index is 0.257. The standard InChI is InChI=1S/C8H17NO/c1-8(2)6-4-5-7-9(8)10-3/h4-7H2,1-3H3. The van der Waals surface area contributed by atoms with Crippen LogP contribution in [0.2, 0.25) is 0 Å². The van der Waals surface area contributed by atoms with Gasteiger partial charge in [-0.05, 0) is 26.7 Å². The van der Waals surface area contributed by atoms with E-state index in [0.717, 1.165) is 6.54 Å². The Morgan fingerprint density at radius 1 is 1.30 bits per heavy atom. The van der Waals surface area contributed by atoms with Crippen LogP contribution in [0.4, 0.5) is 0 Å². The number of nitrogens with zero attached hydrogens (tertiary/aromatic N) is 1. The van der Waals surface area contributed by atoms with Gasteiger partial charge in [-0.25, -0.2) is 0 Å². The topological polar surface area (TPSA) is 12.5 Å². The molecule has 2 heteroatoms. The molecule has 0 radical (unpaired) electrons. The van der Waals surface area contributed by atoms with Gasteiger partial charge in [0.05, 0.1) is 7.11 Å². The van der Waals surface area contributed by atoms with Gasteiger partial charge in [0.25, 0.3) is 0 Å². The lowest BCUT2D eigenvalue weighted by molar-refractivity contribution is -0.205. The van der Waals surface area contributed by atoms with E-state index in [0.29, 0.717) is 0 Å². The van der Waals surface area contributed by atoms with Gasteiger partial charge >= 0.3 is 0 Å². The predicted octanol–water partition coefficient (Wildman–Crippen LogP) is 1.81. The van der Waals surface area contributed by atoms with Crippen LogP contribution in [0.3, 0.4) is 0 Å². The normalized spacial score (nSPS) is 26.7. The summed E-state index contributed by atoms with van der Waals surface area (Å²) in [4.78, 5) is 5.24. The van der Waals surface area contributed by atoms with Gasteiger partial charge in [0.15, 0.2) is 0 Å². The van der Waals surface area contributed by atoms with Gasteiger partial charge < -0.3 is 4.84 Å². The second kappa shape index (κ2) is 2.89. The van der Waals surface area contributed by atoms with Crippen LogP contribution in [0, 0.1) is 0 Å². The van der Waals surface area contributed by atoms with E-state index in [4.69, 9.17) is 4.84 Å². The van der Waals surface area contributed by atoms with Gasteiger partial charge in [0.1, 0.15) is 0 Å². The summed E-state index contributed by atoms with van der Waals surface area (Å²) in [5.41, 5.74) is 0.257. The predicted molar refractivity (Wildman–Crippen MR) is 41.6 cm³/mol. The first kappa shape index (κ1) is 8.02. The maximum Gasteiger partial charge on any atom is 0.0575 e.